The van der Waals surface area contributed by atoms with Crippen LogP contribution in [0.2, 0.25) is 13.3 Å². The van der Waals surface area contributed by atoms with Crippen LogP contribution in [-0.2, 0) is 3.07 Å². The van der Waals surface area contributed by atoms with Crippen LogP contribution in [0, 0.1) is 0 Å². The Bertz CT molecular complexity index is 289. The van der Waals surface area contributed by atoms with Gasteiger partial charge in [-0.15, -0.1) is 0 Å². The van der Waals surface area contributed by atoms with Crippen molar-refractivity contribution in [2.45, 2.75) is 163 Å². The first-order valence-electron chi connectivity index (χ1n) is 13.9. The maximum atomic E-state index is 6.94. The summed E-state index contributed by atoms with van der Waals surface area (Å²) in [5.41, 5.74) is 0. The number of hydrogen-bond acceptors (Lipinski definition) is 1. The molecule has 0 aromatic rings. The van der Waals surface area contributed by atoms with Gasteiger partial charge in [-0.1, -0.05) is 0 Å². The molecule has 0 heterocycles. The molecule has 0 N–H and O–H groups in total. The van der Waals surface area contributed by atoms with Crippen molar-refractivity contribution >= 4 is 18.8 Å². The Labute approximate surface area is 191 Å². The van der Waals surface area contributed by atoms with Crippen molar-refractivity contribution in [1.29, 1.82) is 0 Å². The van der Waals surface area contributed by atoms with Crippen molar-refractivity contribution in [3.05, 3.63) is 0 Å². The molecule has 0 aliphatic rings. The molecule has 1 nitrogen and oxygen atoms in total. The average Bonchev–Trinajstić information content (AvgIpc) is 2.72. The van der Waals surface area contributed by atoms with E-state index in [0.29, 0.717) is 0 Å². The van der Waals surface area contributed by atoms with Gasteiger partial charge in [0, 0.05) is 0 Å². The molecule has 0 rings (SSSR count). The first-order chi connectivity index (χ1) is 14.2. The van der Waals surface area contributed by atoms with Crippen molar-refractivity contribution in [1.82, 2.24) is 0 Å². The van der Waals surface area contributed by atoms with Crippen molar-refractivity contribution in [2.75, 3.05) is 6.61 Å². The van der Waals surface area contributed by atoms with Gasteiger partial charge in [-0.05, 0) is 0 Å². The van der Waals surface area contributed by atoms with Crippen LogP contribution >= 0.6 is 0 Å². The fourth-order valence-corrected chi connectivity index (χ4v) is 17.4. The molecule has 0 saturated carbocycles. The second-order valence-electron chi connectivity index (χ2n) is 9.58. The molecule has 0 aromatic carbocycles. The summed E-state index contributed by atoms with van der Waals surface area (Å²) in [6, 6.07) is 0. The molecule has 0 amide bonds. The molecule has 0 aliphatic heterocycles. The molecule has 0 aromatic heterocycles. The van der Waals surface area contributed by atoms with Crippen molar-refractivity contribution < 1.29 is 3.07 Å². The minimum atomic E-state index is -2.38. The molecule has 29 heavy (non-hydrogen) atoms. The number of unbranched alkanes of at least 4 members (excludes halogenated alkanes) is 15. The zero-order valence-corrected chi connectivity index (χ0v) is 24.0. The summed E-state index contributed by atoms with van der Waals surface area (Å²) in [6.45, 7) is 10.4. The van der Waals surface area contributed by atoms with Gasteiger partial charge in [0.2, 0.25) is 0 Å². The van der Waals surface area contributed by atoms with Gasteiger partial charge < -0.3 is 0 Å². The van der Waals surface area contributed by atoms with E-state index < -0.39 is 18.8 Å². The van der Waals surface area contributed by atoms with E-state index in [1.54, 1.807) is 0 Å². The standard InChI is InChI=1S/C8H17O.2C8H17.C3H7.Sn/c1-2-3-4-5-6-7-8-9;2*1-3-5-7-8-6-4-2;1-3-2;/h2-8H2,1H3;2*1,3-8H2,2H3;1,3H2,2H3;/q-1;;;;+1. The van der Waals surface area contributed by atoms with E-state index in [1.165, 1.54) is 135 Å². The Morgan fingerprint density at radius 2 is 0.759 bits per heavy atom. The molecule has 0 aliphatic carbocycles. The number of hydrogen-bond donors (Lipinski definition) is 0. The van der Waals surface area contributed by atoms with Crippen LogP contribution in [0.4, 0.5) is 0 Å². The zero-order chi connectivity index (χ0) is 21.5. The molecule has 0 unspecified atom stereocenters. The molecule has 0 bridgehead atoms. The Morgan fingerprint density at radius 3 is 1.17 bits per heavy atom. The minimum absolute atomic E-state index is 1.09. The first kappa shape index (κ1) is 29.8. The Morgan fingerprint density at radius 1 is 0.379 bits per heavy atom. The summed E-state index contributed by atoms with van der Waals surface area (Å²) in [5, 5.41) is 0. The predicted molar refractivity (Wildman–Crippen MR) is 137 cm³/mol. The summed E-state index contributed by atoms with van der Waals surface area (Å²) in [4.78, 5) is 0. The second kappa shape index (κ2) is 23.4. The molecular weight excluding hydrogens is 459 g/mol. The summed E-state index contributed by atoms with van der Waals surface area (Å²) in [6.07, 6.45) is 26.9. The van der Waals surface area contributed by atoms with Crippen LogP contribution in [0.15, 0.2) is 0 Å². The predicted octanol–water partition coefficient (Wildman–Crippen LogP) is 10.4. The van der Waals surface area contributed by atoms with E-state index in [2.05, 4.69) is 27.7 Å². The van der Waals surface area contributed by atoms with Crippen LogP contribution in [0.5, 0.6) is 0 Å². The third kappa shape index (κ3) is 19.2. The van der Waals surface area contributed by atoms with Crippen molar-refractivity contribution in [2.24, 2.45) is 0 Å². The third-order valence-corrected chi connectivity index (χ3v) is 20.2. The SMILES string of the molecule is CCCCCCCC[O][Sn]([CH2]CC)([CH2]CCCCCCC)[CH2]CCCCCCC. The summed E-state index contributed by atoms with van der Waals surface area (Å²) in [7, 11) is 0. The quantitative estimate of drug-likeness (QED) is 0.0914. The number of rotatable bonds is 24. The molecule has 0 radical (unpaired) electrons. The van der Waals surface area contributed by atoms with Gasteiger partial charge in [-0.2, -0.15) is 0 Å². The Hall–Kier alpha value is 0.759. The van der Waals surface area contributed by atoms with Gasteiger partial charge in [-0.25, -0.2) is 0 Å². The van der Waals surface area contributed by atoms with Gasteiger partial charge in [0.15, 0.2) is 0 Å². The van der Waals surface area contributed by atoms with Crippen molar-refractivity contribution in [3.63, 3.8) is 0 Å². The van der Waals surface area contributed by atoms with E-state index in [-0.39, 0.29) is 0 Å². The summed E-state index contributed by atoms with van der Waals surface area (Å²) >= 11 is -2.38. The molecule has 0 fully saturated rings. The Balaban J connectivity index is 4.39. The van der Waals surface area contributed by atoms with E-state index in [9.17, 15) is 0 Å². The molecule has 0 atom stereocenters. The van der Waals surface area contributed by atoms with Gasteiger partial charge in [0.05, 0.1) is 0 Å². The molecular formula is C27H58OSn. The summed E-state index contributed by atoms with van der Waals surface area (Å²) in [5.74, 6) is 0. The zero-order valence-electron chi connectivity index (χ0n) is 21.2. The van der Waals surface area contributed by atoms with Crippen LogP contribution < -0.4 is 0 Å². The maximum absolute atomic E-state index is 6.94. The topological polar surface area (TPSA) is 9.23 Å². The van der Waals surface area contributed by atoms with E-state index in [4.69, 9.17) is 3.07 Å². The second-order valence-corrected chi connectivity index (χ2v) is 21.4. The molecule has 0 spiro atoms. The first-order valence-corrected chi connectivity index (χ1v) is 21.1. The van der Waals surface area contributed by atoms with Crippen LogP contribution in [0.25, 0.3) is 0 Å². The van der Waals surface area contributed by atoms with E-state index in [0.717, 1.165) is 6.61 Å². The van der Waals surface area contributed by atoms with Crippen molar-refractivity contribution in [3.8, 4) is 0 Å². The van der Waals surface area contributed by atoms with Gasteiger partial charge in [0.25, 0.3) is 0 Å². The van der Waals surface area contributed by atoms with Gasteiger partial charge >= 0.3 is 191 Å². The normalized spacial score (nSPS) is 12.0. The van der Waals surface area contributed by atoms with Crippen LogP contribution in [0.3, 0.4) is 0 Å². The van der Waals surface area contributed by atoms with Crippen LogP contribution in [-0.4, -0.2) is 25.4 Å². The summed E-state index contributed by atoms with van der Waals surface area (Å²) < 4.78 is 11.4. The molecule has 176 valence electrons. The van der Waals surface area contributed by atoms with Gasteiger partial charge in [0.1, 0.15) is 0 Å². The Kier molecular flexibility index (Phi) is 24.0. The fraction of sp³-hybridized carbons (Fsp3) is 1.00. The molecule has 0 saturated heterocycles. The van der Waals surface area contributed by atoms with E-state index >= 15 is 0 Å². The van der Waals surface area contributed by atoms with E-state index in [1.807, 2.05) is 0 Å². The fourth-order valence-electron chi connectivity index (χ4n) is 4.67. The molecule has 2 heteroatoms. The monoisotopic (exact) mass is 518 g/mol. The average molecular weight is 517 g/mol. The third-order valence-electron chi connectivity index (χ3n) is 6.58. The van der Waals surface area contributed by atoms with Gasteiger partial charge in [-0.3, -0.25) is 0 Å². The van der Waals surface area contributed by atoms with Crippen LogP contribution in [0.1, 0.15) is 150 Å².